The van der Waals surface area contributed by atoms with E-state index in [9.17, 15) is 0 Å². The van der Waals surface area contributed by atoms with Crippen LogP contribution in [-0.2, 0) is 6.42 Å². The van der Waals surface area contributed by atoms with Crippen LogP contribution in [0.15, 0.2) is 12.1 Å². The van der Waals surface area contributed by atoms with E-state index >= 15 is 0 Å². The van der Waals surface area contributed by atoms with Gasteiger partial charge in [0.15, 0.2) is 0 Å². The van der Waals surface area contributed by atoms with Crippen molar-refractivity contribution < 1.29 is 0 Å². The highest BCUT2D eigenvalue weighted by Crippen LogP contribution is 2.34. The lowest BCUT2D eigenvalue weighted by Gasteiger charge is -2.25. The molecule has 0 spiro atoms. The smallest absolute Gasteiger partial charge is 0.0467 e. The highest BCUT2D eigenvalue weighted by atomic mass is 35.5. The van der Waals surface area contributed by atoms with Gasteiger partial charge in [-0.15, -0.1) is 0 Å². The van der Waals surface area contributed by atoms with Crippen LogP contribution in [0.3, 0.4) is 0 Å². The van der Waals surface area contributed by atoms with Crippen LogP contribution < -0.4 is 5.32 Å². The zero-order valence-electron chi connectivity index (χ0n) is 12.1. The second-order valence-electron chi connectivity index (χ2n) is 6.49. The highest BCUT2D eigenvalue weighted by molar-refractivity contribution is 6.39. The van der Waals surface area contributed by atoms with Crippen LogP contribution in [0.1, 0.15) is 45.1 Å². The molecule has 1 aromatic rings. The maximum Gasteiger partial charge on any atom is 0.0467 e. The first-order chi connectivity index (χ1) is 9.37. The lowest BCUT2D eigenvalue weighted by Crippen LogP contribution is -2.24. The first kappa shape index (κ1) is 16.4. The number of benzene rings is 1. The molecule has 0 heterocycles. The Kier molecular flexibility index (Phi) is 5.64. The molecule has 0 aliphatic heterocycles. The van der Waals surface area contributed by atoms with Crippen molar-refractivity contribution >= 4 is 34.8 Å². The second-order valence-corrected chi connectivity index (χ2v) is 7.74. The summed E-state index contributed by atoms with van der Waals surface area (Å²) in [6.45, 7) is 5.71. The largest absolute Gasteiger partial charge is 0.314 e. The summed E-state index contributed by atoms with van der Waals surface area (Å²) >= 11 is 18.4. The van der Waals surface area contributed by atoms with E-state index in [1.54, 1.807) is 12.1 Å². The van der Waals surface area contributed by atoms with Crippen molar-refractivity contribution in [3.05, 3.63) is 32.8 Å². The molecule has 2 rings (SSSR count). The fourth-order valence-electron chi connectivity index (χ4n) is 2.30. The quantitative estimate of drug-likeness (QED) is 0.669. The lowest BCUT2D eigenvalue weighted by molar-refractivity contribution is 0.302. The Hall–Kier alpha value is 0.0500. The Morgan fingerprint density at radius 1 is 1.10 bits per heavy atom. The van der Waals surface area contributed by atoms with Gasteiger partial charge in [0.25, 0.3) is 0 Å². The molecule has 0 saturated heterocycles. The van der Waals surface area contributed by atoms with Crippen molar-refractivity contribution in [3.63, 3.8) is 0 Å². The third kappa shape index (κ3) is 5.11. The molecular formula is C16H22Cl3N. The topological polar surface area (TPSA) is 12.0 Å². The zero-order chi connectivity index (χ0) is 14.8. The molecule has 1 N–H and O–H groups in total. The van der Waals surface area contributed by atoms with Gasteiger partial charge in [-0.25, -0.2) is 0 Å². The van der Waals surface area contributed by atoms with Crippen LogP contribution in [0.5, 0.6) is 0 Å². The van der Waals surface area contributed by atoms with Gasteiger partial charge in [0.2, 0.25) is 0 Å². The summed E-state index contributed by atoms with van der Waals surface area (Å²) in [7, 11) is 0. The van der Waals surface area contributed by atoms with E-state index in [-0.39, 0.29) is 5.41 Å². The van der Waals surface area contributed by atoms with Gasteiger partial charge in [0.1, 0.15) is 0 Å². The minimum Gasteiger partial charge on any atom is -0.314 e. The molecule has 0 aromatic heterocycles. The molecule has 112 valence electrons. The van der Waals surface area contributed by atoms with Crippen molar-refractivity contribution in [2.45, 2.75) is 52.0 Å². The monoisotopic (exact) mass is 333 g/mol. The van der Waals surface area contributed by atoms with E-state index in [2.05, 4.69) is 19.2 Å². The average Bonchev–Trinajstić information content (AvgIpc) is 3.11. The van der Waals surface area contributed by atoms with Crippen molar-refractivity contribution in [2.75, 3.05) is 6.54 Å². The third-order valence-electron chi connectivity index (χ3n) is 3.97. The summed E-state index contributed by atoms with van der Waals surface area (Å²) in [6.07, 6.45) is 5.82. The fraction of sp³-hybridized carbons (Fsp3) is 0.625. The van der Waals surface area contributed by atoms with E-state index in [1.165, 1.54) is 19.3 Å². The number of rotatable bonds is 7. The molecule has 1 saturated carbocycles. The molecule has 1 aromatic carbocycles. The average molecular weight is 335 g/mol. The fourth-order valence-corrected chi connectivity index (χ4v) is 3.31. The maximum absolute atomic E-state index is 6.24. The predicted molar refractivity (Wildman–Crippen MR) is 89.2 cm³/mol. The molecule has 0 amide bonds. The summed E-state index contributed by atoms with van der Waals surface area (Å²) in [5.74, 6) is 0. The van der Waals surface area contributed by atoms with E-state index in [0.29, 0.717) is 15.1 Å². The summed E-state index contributed by atoms with van der Waals surface area (Å²) in [6, 6.07) is 4.32. The van der Waals surface area contributed by atoms with Gasteiger partial charge in [-0.3, -0.25) is 0 Å². The van der Waals surface area contributed by atoms with E-state index < -0.39 is 0 Å². The van der Waals surface area contributed by atoms with Gasteiger partial charge < -0.3 is 5.32 Å². The summed E-state index contributed by atoms with van der Waals surface area (Å²) in [5.41, 5.74) is 1.30. The molecular weight excluding hydrogens is 313 g/mol. The minimum absolute atomic E-state index is 0.286. The van der Waals surface area contributed by atoms with Crippen LogP contribution >= 0.6 is 34.8 Å². The summed E-state index contributed by atoms with van der Waals surface area (Å²) in [4.78, 5) is 0. The van der Waals surface area contributed by atoms with Crippen LogP contribution in [0.4, 0.5) is 0 Å². The third-order valence-corrected chi connectivity index (χ3v) is 4.86. The Labute approximate surface area is 137 Å². The Balaban J connectivity index is 1.86. The van der Waals surface area contributed by atoms with Gasteiger partial charge in [-0.1, -0.05) is 48.7 Å². The first-order valence-corrected chi connectivity index (χ1v) is 8.37. The summed E-state index contributed by atoms with van der Waals surface area (Å²) < 4.78 is 0. The number of nitrogens with one attached hydrogen (secondary N) is 1. The van der Waals surface area contributed by atoms with Crippen LogP contribution in [0.25, 0.3) is 0 Å². The molecule has 0 radical (unpaired) electrons. The van der Waals surface area contributed by atoms with Crippen LogP contribution in [0, 0.1) is 5.41 Å². The molecule has 0 bridgehead atoms. The van der Waals surface area contributed by atoms with E-state index in [1.807, 2.05) is 0 Å². The first-order valence-electron chi connectivity index (χ1n) is 7.24. The number of halogens is 3. The zero-order valence-corrected chi connectivity index (χ0v) is 14.4. The van der Waals surface area contributed by atoms with Crippen molar-refractivity contribution in [1.82, 2.24) is 5.32 Å². The lowest BCUT2D eigenvalue weighted by atomic mass is 9.83. The molecule has 1 fully saturated rings. The Bertz CT molecular complexity index is 444. The van der Waals surface area contributed by atoms with Gasteiger partial charge in [-0.05, 0) is 61.8 Å². The highest BCUT2D eigenvalue weighted by Gasteiger charge is 2.23. The minimum atomic E-state index is 0.286. The number of hydrogen-bond acceptors (Lipinski definition) is 1. The van der Waals surface area contributed by atoms with Gasteiger partial charge in [0, 0.05) is 21.1 Å². The molecule has 1 aliphatic carbocycles. The van der Waals surface area contributed by atoms with Crippen molar-refractivity contribution in [1.29, 1.82) is 0 Å². The predicted octanol–water partition coefficient (Wildman–Crippen LogP) is 5.75. The molecule has 0 unspecified atom stereocenters. The Morgan fingerprint density at radius 2 is 1.70 bits per heavy atom. The maximum atomic E-state index is 6.24. The SMILES string of the molecule is CC(C)(CCNC1CC1)CCc1c(Cl)cc(Cl)cc1Cl. The standard InChI is InChI=1S/C16H22Cl3N/c1-16(2,7-8-20-12-3-4-12)6-5-13-14(18)9-11(17)10-15(13)19/h9-10,12,20H,3-8H2,1-2H3. The summed E-state index contributed by atoms with van der Waals surface area (Å²) in [5, 5.41) is 5.52. The van der Waals surface area contributed by atoms with E-state index in [4.69, 9.17) is 34.8 Å². The normalized spacial score (nSPS) is 15.7. The number of hydrogen-bond donors (Lipinski definition) is 1. The molecule has 0 atom stereocenters. The second kappa shape index (κ2) is 6.87. The molecule has 1 nitrogen and oxygen atoms in total. The van der Waals surface area contributed by atoms with Crippen LogP contribution in [-0.4, -0.2) is 12.6 Å². The van der Waals surface area contributed by atoms with Crippen molar-refractivity contribution in [3.8, 4) is 0 Å². The van der Waals surface area contributed by atoms with E-state index in [0.717, 1.165) is 31.0 Å². The van der Waals surface area contributed by atoms with Gasteiger partial charge in [0.05, 0.1) is 0 Å². The van der Waals surface area contributed by atoms with Gasteiger partial charge in [-0.2, -0.15) is 0 Å². The van der Waals surface area contributed by atoms with Gasteiger partial charge >= 0.3 is 0 Å². The molecule has 4 heteroatoms. The van der Waals surface area contributed by atoms with Crippen molar-refractivity contribution in [2.24, 2.45) is 5.41 Å². The van der Waals surface area contributed by atoms with Crippen LogP contribution in [0.2, 0.25) is 15.1 Å². The Morgan fingerprint density at radius 3 is 2.25 bits per heavy atom. The molecule has 1 aliphatic rings. The molecule has 20 heavy (non-hydrogen) atoms.